The number of rotatable bonds is 2. The molecule has 0 fully saturated rings. The molecule has 12 heavy (non-hydrogen) atoms. The first-order valence-corrected chi connectivity index (χ1v) is 4.07. The highest BCUT2D eigenvalue weighted by Crippen LogP contribution is 2.23. The zero-order valence-electron chi connectivity index (χ0n) is 7.29. The predicted octanol–water partition coefficient (Wildman–Crippen LogP) is 2.46. The Morgan fingerprint density at radius 1 is 1.58 bits per heavy atom. The van der Waals surface area contributed by atoms with Gasteiger partial charge in [0.2, 0.25) is 0 Å². The average molecular weight is 182 g/mol. The Balaban J connectivity index is 3.08. The van der Waals surface area contributed by atoms with E-state index in [0.29, 0.717) is 0 Å². The van der Waals surface area contributed by atoms with Gasteiger partial charge in [-0.05, 0) is 33.0 Å². The predicted molar refractivity (Wildman–Crippen MR) is 49.4 cm³/mol. The van der Waals surface area contributed by atoms with Crippen molar-refractivity contribution < 1.29 is 4.52 Å². The van der Waals surface area contributed by atoms with E-state index in [1.165, 1.54) is 0 Å². The highest BCUT2D eigenvalue weighted by Gasteiger charge is 2.14. The second-order valence-corrected chi connectivity index (χ2v) is 2.82. The molecular formula is C8H10N2OS. The summed E-state index contributed by atoms with van der Waals surface area (Å²) in [5.41, 5.74) is 1.88. The van der Waals surface area contributed by atoms with Crippen LogP contribution in [0, 0.1) is 13.8 Å². The minimum absolute atomic E-state index is 0.00579. The van der Waals surface area contributed by atoms with Crippen LogP contribution in [-0.4, -0.2) is 10.3 Å². The number of hydrogen-bond acceptors (Lipinski definition) is 4. The van der Waals surface area contributed by atoms with Gasteiger partial charge in [-0.25, -0.2) is 4.99 Å². The molecule has 1 aromatic heterocycles. The summed E-state index contributed by atoms with van der Waals surface area (Å²) < 4.78 is 4.99. The van der Waals surface area contributed by atoms with Gasteiger partial charge in [0.05, 0.1) is 16.9 Å². The van der Waals surface area contributed by atoms with Crippen LogP contribution in [-0.2, 0) is 0 Å². The van der Waals surface area contributed by atoms with Crippen LogP contribution in [0.5, 0.6) is 0 Å². The molecule has 3 nitrogen and oxygen atoms in total. The Morgan fingerprint density at radius 3 is 2.67 bits per heavy atom. The number of isothiocyanates is 1. The fourth-order valence-electron chi connectivity index (χ4n) is 1.23. The molecule has 1 aromatic rings. The second kappa shape index (κ2) is 3.61. The molecule has 1 atom stereocenters. The van der Waals surface area contributed by atoms with Crippen molar-refractivity contribution in [2.75, 3.05) is 0 Å². The van der Waals surface area contributed by atoms with E-state index in [4.69, 9.17) is 4.52 Å². The summed E-state index contributed by atoms with van der Waals surface area (Å²) >= 11 is 4.52. The third kappa shape index (κ3) is 1.60. The summed E-state index contributed by atoms with van der Waals surface area (Å²) in [5, 5.41) is 6.17. The van der Waals surface area contributed by atoms with E-state index in [1.54, 1.807) is 0 Å². The Kier molecular flexibility index (Phi) is 2.74. The topological polar surface area (TPSA) is 38.4 Å². The van der Waals surface area contributed by atoms with Crippen LogP contribution in [0.2, 0.25) is 0 Å². The molecule has 0 aliphatic heterocycles. The number of nitrogens with zero attached hydrogens (tertiary/aromatic N) is 2. The number of hydrogen-bond donors (Lipinski definition) is 0. The molecule has 0 unspecified atom stereocenters. The van der Waals surface area contributed by atoms with Gasteiger partial charge in [0, 0.05) is 5.56 Å². The Bertz CT molecular complexity index is 306. The Labute approximate surface area is 76.5 Å². The van der Waals surface area contributed by atoms with E-state index in [1.807, 2.05) is 20.8 Å². The van der Waals surface area contributed by atoms with Crippen molar-refractivity contribution in [1.29, 1.82) is 0 Å². The van der Waals surface area contributed by atoms with E-state index >= 15 is 0 Å². The van der Waals surface area contributed by atoms with Crippen LogP contribution < -0.4 is 0 Å². The fourth-order valence-corrected chi connectivity index (χ4v) is 1.39. The maximum absolute atomic E-state index is 4.99. The van der Waals surface area contributed by atoms with Gasteiger partial charge in [0.15, 0.2) is 0 Å². The maximum Gasteiger partial charge on any atom is 0.139 e. The molecule has 0 radical (unpaired) electrons. The van der Waals surface area contributed by atoms with Crippen molar-refractivity contribution in [3.8, 4) is 0 Å². The number of aryl methyl sites for hydroxylation is 2. The van der Waals surface area contributed by atoms with Crippen molar-refractivity contribution in [3.63, 3.8) is 0 Å². The minimum Gasteiger partial charge on any atom is -0.361 e. The SMILES string of the molecule is Cc1noc(C)c1[C@@H](C)N=C=S. The molecule has 1 rings (SSSR count). The highest BCUT2D eigenvalue weighted by atomic mass is 32.1. The van der Waals surface area contributed by atoms with Gasteiger partial charge in [-0.2, -0.15) is 0 Å². The zero-order chi connectivity index (χ0) is 9.14. The van der Waals surface area contributed by atoms with Crippen LogP contribution in [0.15, 0.2) is 9.52 Å². The van der Waals surface area contributed by atoms with Crippen LogP contribution >= 0.6 is 12.2 Å². The van der Waals surface area contributed by atoms with Crippen LogP contribution in [0.25, 0.3) is 0 Å². The fraction of sp³-hybridized carbons (Fsp3) is 0.500. The van der Waals surface area contributed by atoms with Crippen molar-refractivity contribution in [2.24, 2.45) is 4.99 Å². The number of aliphatic imine (C=N–C) groups is 1. The van der Waals surface area contributed by atoms with Gasteiger partial charge in [0.1, 0.15) is 5.76 Å². The maximum atomic E-state index is 4.99. The lowest BCUT2D eigenvalue weighted by Crippen LogP contribution is -1.92. The molecule has 1 heterocycles. The molecule has 0 N–H and O–H groups in total. The van der Waals surface area contributed by atoms with Gasteiger partial charge < -0.3 is 4.52 Å². The molecule has 0 bridgehead atoms. The van der Waals surface area contributed by atoms with Gasteiger partial charge in [0.25, 0.3) is 0 Å². The van der Waals surface area contributed by atoms with E-state index in [9.17, 15) is 0 Å². The molecular weight excluding hydrogens is 172 g/mol. The first-order valence-electron chi connectivity index (χ1n) is 3.66. The van der Waals surface area contributed by atoms with E-state index in [-0.39, 0.29) is 6.04 Å². The molecule has 0 saturated heterocycles. The van der Waals surface area contributed by atoms with E-state index in [2.05, 4.69) is 27.5 Å². The van der Waals surface area contributed by atoms with Crippen molar-refractivity contribution >= 4 is 17.4 Å². The first kappa shape index (κ1) is 9.10. The van der Waals surface area contributed by atoms with Crippen molar-refractivity contribution in [1.82, 2.24) is 5.16 Å². The van der Waals surface area contributed by atoms with Crippen LogP contribution in [0.4, 0.5) is 0 Å². The average Bonchev–Trinajstić information content (AvgIpc) is 2.32. The second-order valence-electron chi connectivity index (χ2n) is 2.63. The summed E-state index contributed by atoms with van der Waals surface area (Å²) in [6.45, 7) is 5.69. The lowest BCUT2D eigenvalue weighted by atomic mass is 10.1. The molecule has 0 aliphatic carbocycles. The molecule has 0 saturated carbocycles. The molecule has 64 valence electrons. The van der Waals surface area contributed by atoms with E-state index in [0.717, 1.165) is 17.0 Å². The zero-order valence-corrected chi connectivity index (χ0v) is 8.10. The molecule has 0 amide bonds. The van der Waals surface area contributed by atoms with Gasteiger partial charge in [-0.3, -0.25) is 0 Å². The molecule has 0 aliphatic rings. The third-order valence-electron chi connectivity index (χ3n) is 1.75. The third-order valence-corrected chi connectivity index (χ3v) is 1.86. The highest BCUT2D eigenvalue weighted by molar-refractivity contribution is 7.78. The standard InChI is InChI=1S/C8H10N2OS/c1-5(9-4-12)8-6(2)10-11-7(8)3/h5H,1-3H3/t5-/m1/s1. The summed E-state index contributed by atoms with van der Waals surface area (Å²) in [7, 11) is 0. The number of aromatic nitrogens is 1. The normalized spacial score (nSPS) is 12.2. The summed E-state index contributed by atoms with van der Waals surface area (Å²) in [5.74, 6) is 0.800. The largest absolute Gasteiger partial charge is 0.361 e. The Morgan fingerprint density at radius 2 is 2.25 bits per heavy atom. The summed E-state index contributed by atoms with van der Waals surface area (Å²) in [6.07, 6.45) is 0. The lowest BCUT2D eigenvalue weighted by Gasteiger charge is -2.01. The van der Waals surface area contributed by atoms with E-state index < -0.39 is 0 Å². The minimum atomic E-state index is -0.00579. The quantitative estimate of drug-likeness (QED) is 0.521. The van der Waals surface area contributed by atoms with Crippen molar-refractivity contribution in [3.05, 3.63) is 17.0 Å². The first-order chi connectivity index (χ1) is 5.66. The van der Waals surface area contributed by atoms with Gasteiger partial charge in [-0.1, -0.05) is 5.16 Å². The smallest absolute Gasteiger partial charge is 0.139 e. The molecule has 4 heteroatoms. The summed E-state index contributed by atoms with van der Waals surface area (Å²) in [6, 6.07) is -0.00579. The molecule has 0 spiro atoms. The monoisotopic (exact) mass is 182 g/mol. The lowest BCUT2D eigenvalue weighted by molar-refractivity contribution is 0.391. The Hall–Kier alpha value is -0.990. The van der Waals surface area contributed by atoms with Crippen LogP contribution in [0.1, 0.15) is 30.0 Å². The van der Waals surface area contributed by atoms with Gasteiger partial charge >= 0.3 is 0 Å². The summed E-state index contributed by atoms with van der Waals surface area (Å²) in [4.78, 5) is 3.95. The molecule has 0 aromatic carbocycles. The van der Waals surface area contributed by atoms with Gasteiger partial charge in [-0.15, -0.1) is 0 Å². The van der Waals surface area contributed by atoms with Crippen molar-refractivity contribution in [2.45, 2.75) is 26.8 Å². The number of thiocarbonyl (C=S) groups is 1. The van der Waals surface area contributed by atoms with Crippen LogP contribution in [0.3, 0.4) is 0 Å².